The lowest BCUT2D eigenvalue weighted by Crippen LogP contribution is -2.33. The number of pyridine rings is 1. The summed E-state index contributed by atoms with van der Waals surface area (Å²) in [6, 6.07) is 5.34. The number of hydrogen-bond donors (Lipinski definition) is 3. The van der Waals surface area contributed by atoms with Crippen LogP contribution in [0.25, 0.3) is 0 Å². The lowest BCUT2D eigenvalue weighted by molar-refractivity contribution is 0.230. The van der Waals surface area contributed by atoms with Gasteiger partial charge in [0.1, 0.15) is 0 Å². The predicted octanol–water partition coefficient (Wildman–Crippen LogP) is 3.76. The number of aromatic nitrogens is 1. The highest BCUT2D eigenvalue weighted by Gasteiger charge is 2.24. The van der Waals surface area contributed by atoms with E-state index in [0.29, 0.717) is 12.1 Å². The minimum Gasteiger partial charge on any atom is -0.403 e. The Hall–Kier alpha value is -1.63. The summed E-state index contributed by atoms with van der Waals surface area (Å²) in [6.07, 6.45) is 8.37. The van der Waals surface area contributed by atoms with Gasteiger partial charge in [0.25, 0.3) is 0 Å². The van der Waals surface area contributed by atoms with Crippen molar-refractivity contribution in [1.29, 1.82) is 0 Å². The van der Waals surface area contributed by atoms with E-state index in [1.807, 2.05) is 47.0 Å². The Morgan fingerprint density at radius 2 is 2.03 bits per heavy atom. The average molecular weight is 435 g/mol. The molecule has 1 aliphatic carbocycles. The smallest absolute Gasteiger partial charge is 0.0607 e. The molecule has 1 aromatic heterocycles. The van der Waals surface area contributed by atoms with E-state index in [0.717, 1.165) is 25.2 Å². The van der Waals surface area contributed by atoms with Crippen LogP contribution in [-0.2, 0) is 6.42 Å². The van der Waals surface area contributed by atoms with E-state index in [-0.39, 0.29) is 0 Å². The van der Waals surface area contributed by atoms with Crippen LogP contribution in [0.15, 0.2) is 30.2 Å². The van der Waals surface area contributed by atoms with Gasteiger partial charge in [-0.15, -0.1) is 0 Å². The third kappa shape index (κ3) is 10.5. The normalized spacial score (nSPS) is 21.1. The van der Waals surface area contributed by atoms with E-state index in [1.54, 1.807) is 6.20 Å². The summed E-state index contributed by atoms with van der Waals surface area (Å²) in [7, 11) is 6.23. The summed E-state index contributed by atoms with van der Waals surface area (Å²) in [5.74, 6) is 0. The molecule has 31 heavy (non-hydrogen) atoms. The Balaban J connectivity index is 0.000000582. The van der Waals surface area contributed by atoms with Crippen molar-refractivity contribution in [3.63, 3.8) is 0 Å². The molecule has 1 saturated heterocycles. The van der Waals surface area contributed by atoms with Gasteiger partial charge in [-0.3, -0.25) is 9.88 Å². The highest BCUT2D eigenvalue weighted by Crippen LogP contribution is 2.31. The van der Waals surface area contributed by atoms with Gasteiger partial charge in [-0.2, -0.15) is 0 Å². The van der Waals surface area contributed by atoms with Gasteiger partial charge >= 0.3 is 0 Å². The molecule has 180 valence electrons. The average Bonchev–Trinajstić information content (AvgIpc) is 3.03. The van der Waals surface area contributed by atoms with E-state index >= 15 is 0 Å². The fourth-order valence-electron chi connectivity index (χ4n) is 3.75. The minimum absolute atomic E-state index is 0.401. The Labute approximate surface area is 192 Å². The van der Waals surface area contributed by atoms with E-state index in [4.69, 9.17) is 5.73 Å². The summed E-state index contributed by atoms with van der Waals surface area (Å²) in [6.45, 7) is 14.7. The lowest BCUT2D eigenvalue weighted by atomic mass is 9.91. The maximum Gasteiger partial charge on any atom is 0.0607 e. The highest BCUT2D eigenvalue weighted by molar-refractivity contribution is 5.25. The molecule has 0 saturated carbocycles. The second-order valence-electron chi connectivity index (χ2n) is 7.70. The Morgan fingerprint density at radius 1 is 1.32 bits per heavy atom. The molecule has 0 bridgehead atoms. The van der Waals surface area contributed by atoms with Crippen LogP contribution in [0.5, 0.6) is 0 Å². The van der Waals surface area contributed by atoms with Crippen molar-refractivity contribution >= 4 is 0 Å². The summed E-state index contributed by atoms with van der Waals surface area (Å²) in [5, 5.41) is 6.51. The summed E-state index contributed by atoms with van der Waals surface area (Å²) >= 11 is 0. The third-order valence-electron chi connectivity index (χ3n) is 5.70. The number of rotatable bonds is 4. The molecule has 0 radical (unpaired) electrons. The van der Waals surface area contributed by atoms with Crippen molar-refractivity contribution in [2.45, 2.75) is 72.4 Å². The zero-order valence-corrected chi connectivity index (χ0v) is 21.5. The topological polar surface area (TPSA) is 69.4 Å². The van der Waals surface area contributed by atoms with E-state index in [1.165, 1.54) is 43.6 Å². The van der Waals surface area contributed by atoms with Crippen LogP contribution in [0.3, 0.4) is 0 Å². The van der Waals surface area contributed by atoms with Crippen LogP contribution in [0.1, 0.15) is 71.2 Å². The Bertz CT molecular complexity index is 579. The largest absolute Gasteiger partial charge is 0.403 e. The quantitative estimate of drug-likeness (QED) is 0.670. The maximum atomic E-state index is 5.59. The second kappa shape index (κ2) is 18.0. The fourth-order valence-corrected chi connectivity index (χ4v) is 3.75. The number of nitrogens with zero attached hydrogens (tertiary/aromatic N) is 3. The van der Waals surface area contributed by atoms with Crippen LogP contribution in [0, 0.1) is 0 Å². The summed E-state index contributed by atoms with van der Waals surface area (Å²) in [4.78, 5) is 9.29. The van der Waals surface area contributed by atoms with Gasteiger partial charge in [0.05, 0.1) is 11.7 Å². The van der Waals surface area contributed by atoms with Crippen LogP contribution < -0.4 is 16.4 Å². The highest BCUT2D eigenvalue weighted by atomic mass is 15.2. The molecule has 6 heteroatoms. The van der Waals surface area contributed by atoms with E-state index in [9.17, 15) is 0 Å². The van der Waals surface area contributed by atoms with E-state index < -0.39 is 0 Å². The molecule has 3 rings (SSSR count). The zero-order valence-electron chi connectivity index (χ0n) is 21.5. The Morgan fingerprint density at radius 3 is 2.68 bits per heavy atom. The maximum absolute atomic E-state index is 5.59. The van der Waals surface area contributed by atoms with Gasteiger partial charge in [-0.1, -0.05) is 33.8 Å². The van der Waals surface area contributed by atoms with Gasteiger partial charge in [0.2, 0.25) is 0 Å². The van der Waals surface area contributed by atoms with E-state index in [2.05, 4.69) is 52.5 Å². The SMILES string of the molecule is CC.CC.CC1CNCCCN1C.CN/C(=C\N)CN(C)C1CCCc2cccnc21. The summed E-state index contributed by atoms with van der Waals surface area (Å²) < 4.78 is 0. The first-order valence-corrected chi connectivity index (χ1v) is 12.2. The predicted molar refractivity (Wildman–Crippen MR) is 136 cm³/mol. The van der Waals surface area contributed by atoms with Gasteiger partial charge in [0, 0.05) is 44.3 Å². The molecule has 0 amide bonds. The van der Waals surface area contributed by atoms with Crippen LogP contribution in [-0.4, -0.2) is 68.1 Å². The molecule has 1 aliphatic heterocycles. The van der Waals surface area contributed by atoms with Crippen molar-refractivity contribution in [2.24, 2.45) is 5.73 Å². The fraction of sp³-hybridized carbons (Fsp3) is 0.720. The minimum atomic E-state index is 0.401. The second-order valence-corrected chi connectivity index (χ2v) is 7.70. The molecule has 2 aliphatic rings. The van der Waals surface area contributed by atoms with Crippen LogP contribution in [0.4, 0.5) is 0 Å². The number of hydrogen-bond acceptors (Lipinski definition) is 6. The van der Waals surface area contributed by atoms with Gasteiger partial charge < -0.3 is 21.3 Å². The molecule has 0 spiro atoms. The van der Waals surface area contributed by atoms with Crippen molar-refractivity contribution in [2.75, 3.05) is 47.3 Å². The molecule has 2 atom stereocenters. The number of likely N-dealkylation sites (N-methyl/N-ethyl adjacent to an activating group) is 3. The monoisotopic (exact) mass is 434 g/mol. The summed E-state index contributed by atoms with van der Waals surface area (Å²) in [5.41, 5.74) is 9.26. The molecular weight excluding hydrogens is 384 g/mol. The van der Waals surface area contributed by atoms with Crippen LogP contribution >= 0.6 is 0 Å². The number of fused-ring (bicyclic) bond motifs is 1. The molecule has 1 aromatic rings. The molecule has 0 aromatic carbocycles. The van der Waals surface area contributed by atoms with Crippen molar-refractivity contribution in [3.8, 4) is 0 Å². The first kappa shape index (κ1) is 29.4. The van der Waals surface area contributed by atoms with Gasteiger partial charge in [-0.25, -0.2) is 0 Å². The zero-order chi connectivity index (χ0) is 23.6. The van der Waals surface area contributed by atoms with Crippen molar-refractivity contribution < 1.29 is 0 Å². The first-order valence-electron chi connectivity index (χ1n) is 12.2. The van der Waals surface area contributed by atoms with Crippen molar-refractivity contribution in [3.05, 3.63) is 41.5 Å². The number of aryl methyl sites for hydroxylation is 1. The Kier molecular flexibility index (Phi) is 17.0. The van der Waals surface area contributed by atoms with Gasteiger partial charge in [-0.05, 0) is 71.4 Å². The molecule has 6 nitrogen and oxygen atoms in total. The number of nitrogens with two attached hydrogens (primary N) is 1. The first-order chi connectivity index (χ1) is 15.1. The lowest BCUT2D eigenvalue weighted by Gasteiger charge is -2.32. The molecule has 1 fully saturated rings. The van der Waals surface area contributed by atoms with Gasteiger partial charge in [0.15, 0.2) is 0 Å². The molecule has 2 unspecified atom stereocenters. The third-order valence-corrected chi connectivity index (χ3v) is 5.70. The van der Waals surface area contributed by atoms with Crippen molar-refractivity contribution in [1.82, 2.24) is 25.4 Å². The molecule has 2 heterocycles. The number of nitrogens with one attached hydrogen (secondary N) is 2. The van der Waals surface area contributed by atoms with Crippen LogP contribution in [0.2, 0.25) is 0 Å². The molecular formula is C25H50N6. The standard InChI is InChI=1S/C14H22N4.C7H16N2.2C2H6/c1-16-12(9-15)10-18(2)13-7-3-5-11-6-4-8-17-14(11)13;1-7-6-8-4-3-5-9(7)2;2*1-2/h4,6,8-9,13,16H,3,5,7,10,15H2,1-2H3;7-8H,3-6H2,1-2H3;2*1-2H3/b12-9-;;;. The molecule has 4 N–H and O–H groups in total.